The molecule has 2 aromatic carbocycles. The van der Waals surface area contributed by atoms with Crippen molar-refractivity contribution in [1.82, 2.24) is 9.88 Å². The first-order valence-corrected chi connectivity index (χ1v) is 10.9. The molecule has 0 aliphatic carbocycles. The maximum absolute atomic E-state index is 13.5. The van der Waals surface area contributed by atoms with Gasteiger partial charge in [-0.15, -0.1) is 0 Å². The van der Waals surface area contributed by atoms with E-state index >= 15 is 0 Å². The molecule has 0 saturated carbocycles. The quantitative estimate of drug-likeness (QED) is 0.529. The van der Waals surface area contributed by atoms with Crippen molar-refractivity contribution in [2.24, 2.45) is 0 Å². The number of hydrogen-bond acceptors (Lipinski definition) is 5. The van der Waals surface area contributed by atoms with Crippen LogP contribution < -0.4 is 10.1 Å². The van der Waals surface area contributed by atoms with Crippen LogP contribution in [0.5, 0.6) is 5.75 Å². The van der Waals surface area contributed by atoms with Gasteiger partial charge in [0.25, 0.3) is 11.8 Å². The summed E-state index contributed by atoms with van der Waals surface area (Å²) in [6.45, 7) is 8.02. The molecule has 1 N–H and O–H groups in total. The molecule has 0 fully saturated rings. The van der Waals surface area contributed by atoms with Crippen LogP contribution >= 0.6 is 0 Å². The smallest absolute Gasteiger partial charge is 0.278 e. The van der Waals surface area contributed by atoms with Gasteiger partial charge in [0, 0.05) is 18.1 Å². The van der Waals surface area contributed by atoms with Crippen LogP contribution in [0.25, 0.3) is 5.57 Å². The second-order valence-electron chi connectivity index (χ2n) is 8.44. The largest absolute Gasteiger partial charge is 0.491 e. The van der Waals surface area contributed by atoms with E-state index in [1.165, 1.54) is 4.90 Å². The molecule has 2 amide bonds. The fourth-order valence-corrected chi connectivity index (χ4v) is 3.76. The van der Waals surface area contributed by atoms with Gasteiger partial charge >= 0.3 is 0 Å². The van der Waals surface area contributed by atoms with E-state index in [9.17, 15) is 9.59 Å². The molecule has 2 heterocycles. The number of carbonyl (C=O) groups excluding carboxylic acids is 2. The topological polar surface area (TPSA) is 71.5 Å². The van der Waals surface area contributed by atoms with Crippen LogP contribution in [0.15, 0.2) is 72.7 Å². The van der Waals surface area contributed by atoms with Gasteiger partial charge in [-0.2, -0.15) is 0 Å². The average Bonchev–Trinajstić information content (AvgIpc) is 3.01. The monoisotopic (exact) mass is 441 g/mol. The van der Waals surface area contributed by atoms with Crippen LogP contribution in [0, 0.1) is 13.8 Å². The number of pyridine rings is 1. The number of imide groups is 1. The van der Waals surface area contributed by atoms with Crippen LogP contribution in [-0.4, -0.2) is 27.8 Å². The minimum Gasteiger partial charge on any atom is -0.491 e. The van der Waals surface area contributed by atoms with E-state index < -0.39 is 0 Å². The van der Waals surface area contributed by atoms with Gasteiger partial charge in [0.15, 0.2) is 0 Å². The molecule has 6 heteroatoms. The molecule has 3 aromatic rings. The minimum atomic E-state index is -0.359. The number of amides is 2. The highest BCUT2D eigenvalue weighted by atomic mass is 16.5. The third-order valence-corrected chi connectivity index (χ3v) is 5.40. The van der Waals surface area contributed by atoms with Gasteiger partial charge in [0.05, 0.1) is 18.2 Å². The predicted octanol–water partition coefficient (Wildman–Crippen LogP) is 4.88. The lowest BCUT2D eigenvalue weighted by atomic mass is 10.0. The number of ether oxygens (including phenoxy) is 1. The van der Waals surface area contributed by atoms with E-state index in [0.29, 0.717) is 16.9 Å². The molecule has 0 spiro atoms. The fourth-order valence-electron chi connectivity index (χ4n) is 3.76. The number of aromatic nitrogens is 1. The second-order valence-corrected chi connectivity index (χ2v) is 8.44. The zero-order valence-corrected chi connectivity index (χ0v) is 19.3. The molecular weight excluding hydrogens is 414 g/mol. The second kappa shape index (κ2) is 9.28. The third kappa shape index (κ3) is 4.80. The number of anilines is 1. The van der Waals surface area contributed by atoms with Crippen molar-refractivity contribution in [3.63, 3.8) is 0 Å². The Balaban J connectivity index is 1.74. The van der Waals surface area contributed by atoms with Crippen LogP contribution in [0.3, 0.4) is 0 Å². The summed E-state index contributed by atoms with van der Waals surface area (Å²) in [6.07, 6.45) is 3.37. The number of rotatable bonds is 7. The van der Waals surface area contributed by atoms with E-state index in [0.717, 1.165) is 22.4 Å². The molecule has 0 atom stereocenters. The van der Waals surface area contributed by atoms with Gasteiger partial charge in [-0.25, -0.2) is 0 Å². The van der Waals surface area contributed by atoms with E-state index in [4.69, 9.17) is 4.74 Å². The Morgan fingerprint density at radius 1 is 1.00 bits per heavy atom. The lowest BCUT2D eigenvalue weighted by molar-refractivity contribution is -0.137. The van der Waals surface area contributed by atoms with Crippen molar-refractivity contribution in [2.45, 2.75) is 40.3 Å². The van der Waals surface area contributed by atoms with Crippen molar-refractivity contribution < 1.29 is 14.3 Å². The fraction of sp³-hybridized carbons (Fsp3) is 0.222. The van der Waals surface area contributed by atoms with Crippen molar-refractivity contribution in [3.8, 4) is 5.75 Å². The first-order valence-electron chi connectivity index (χ1n) is 10.9. The summed E-state index contributed by atoms with van der Waals surface area (Å²) in [6, 6.07) is 16.9. The molecule has 1 aromatic heterocycles. The van der Waals surface area contributed by atoms with E-state index in [1.54, 1.807) is 18.5 Å². The highest BCUT2D eigenvalue weighted by Gasteiger charge is 2.39. The SMILES string of the molecule is Cc1ccc(C)c(NC2=C(c3ccc(OC(C)C)cc3)C(=O)N(Cc3cccnc3)C2=O)c1. The van der Waals surface area contributed by atoms with Crippen LogP contribution in [0.1, 0.15) is 36.1 Å². The maximum atomic E-state index is 13.5. The zero-order chi connectivity index (χ0) is 23.5. The average molecular weight is 442 g/mol. The highest BCUT2D eigenvalue weighted by Crippen LogP contribution is 2.33. The summed E-state index contributed by atoms with van der Waals surface area (Å²) in [4.78, 5) is 32.3. The highest BCUT2D eigenvalue weighted by molar-refractivity contribution is 6.36. The van der Waals surface area contributed by atoms with Gasteiger partial charge in [-0.05, 0) is 74.2 Å². The summed E-state index contributed by atoms with van der Waals surface area (Å²) in [7, 11) is 0. The molecule has 0 radical (unpaired) electrons. The molecule has 168 valence electrons. The molecule has 0 unspecified atom stereocenters. The summed E-state index contributed by atoms with van der Waals surface area (Å²) in [5.74, 6) is 0.0128. The van der Waals surface area contributed by atoms with Crippen molar-refractivity contribution in [3.05, 3.63) is 94.9 Å². The Morgan fingerprint density at radius 2 is 1.76 bits per heavy atom. The zero-order valence-electron chi connectivity index (χ0n) is 19.3. The first-order chi connectivity index (χ1) is 15.8. The molecule has 33 heavy (non-hydrogen) atoms. The Morgan fingerprint density at radius 3 is 2.42 bits per heavy atom. The summed E-state index contributed by atoms with van der Waals surface area (Å²) in [5.41, 5.74) is 4.91. The standard InChI is InChI=1S/C27H27N3O3/c1-17(2)33-22-11-9-21(10-12-22)24-25(29-23-14-18(3)7-8-19(23)4)27(32)30(26(24)31)16-20-6-5-13-28-15-20/h5-15,17,29H,16H2,1-4H3. The maximum Gasteiger partial charge on any atom is 0.278 e. The third-order valence-electron chi connectivity index (χ3n) is 5.40. The van der Waals surface area contributed by atoms with Crippen molar-refractivity contribution >= 4 is 23.1 Å². The molecular formula is C27H27N3O3. The number of nitrogens with one attached hydrogen (secondary N) is 1. The Hall–Kier alpha value is -3.93. The van der Waals surface area contributed by atoms with Crippen LogP contribution in [0.4, 0.5) is 5.69 Å². The summed E-state index contributed by atoms with van der Waals surface area (Å²) < 4.78 is 5.73. The van der Waals surface area contributed by atoms with Gasteiger partial charge in [-0.3, -0.25) is 19.5 Å². The molecule has 4 rings (SSSR count). The number of aryl methyl sites for hydroxylation is 2. The lowest BCUT2D eigenvalue weighted by Crippen LogP contribution is -2.32. The van der Waals surface area contributed by atoms with Gasteiger partial charge < -0.3 is 10.1 Å². The van der Waals surface area contributed by atoms with Gasteiger partial charge in [0.2, 0.25) is 0 Å². The number of nitrogens with zero attached hydrogens (tertiary/aromatic N) is 2. The molecule has 1 aliphatic rings. The van der Waals surface area contributed by atoms with Gasteiger partial charge in [0.1, 0.15) is 11.4 Å². The van der Waals surface area contributed by atoms with E-state index in [1.807, 2.05) is 76.2 Å². The normalized spacial score (nSPS) is 13.8. The van der Waals surface area contributed by atoms with E-state index in [2.05, 4.69) is 10.3 Å². The molecule has 6 nitrogen and oxygen atoms in total. The Kier molecular flexibility index (Phi) is 6.27. The Labute approximate surface area is 193 Å². The molecule has 1 aliphatic heterocycles. The first kappa shape index (κ1) is 22.3. The summed E-state index contributed by atoms with van der Waals surface area (Å²) in [5, 5.41) is 3.26. The summed E-state index contributed by atoms with van der Waals surface area (Å²) >= 11 is 0. The minimum absolute atomic E-state index is 0.0428. The molecule has 0 bridgehead atoms. The van der Waals surface area contributed by atoms with Crippen LogP contribution in [0.2, 0.25) is 0 Å². The van der Waals surface area contributed by atoms with E-state index in [-0.39, 0.29) is 30.2 Å². The lowest BCUT2D eigenvalue weighted by Gasteiger charge is -2.15. The number of hydrogen-bond donors (Lipinski definition) is 1. The van der Waals surface area contributed by atoms with Crippen molar-refractivity contribution in [1.29, 1.82) is 0 Å². The molecule has 0 saturated heterocycles. The Bertz CT molecular complexity index is 1220. The number of carbonyl (C=O) groups is 2. The van der Waals surface area contributed by atoms with Gasteiger partial charge in [-0.1, -0.05) is 30.3 Å². The predicted molar refractivity (Wildman–Crippen MR) is 128 cm³/mol. The van der Waals surface area contributed by atoms with Crippen LogP contribution in [-0.2, 0) is 16.1 Å². The number of benzene rings is 2. The van der Waals surface area contributed by atoms with Crippen molar-refractivity contribution in [2.75, 3.05) is 5.32 Å².